The number of nitrogens with zero attached hydrogens (tertiary/aromatic N) is 5. The van der Waals surface area contributed by atoms with Crippen LogP contribution in [0.15, 0.2) is 35.1 Å². The van der Waals surface area contributed by atoms with Gasteiger partial charge in [0.1, 0.15) is 34.5 Å². The number of likely N-dealkylation sites (tertiary alicyclic amines) is 1. The predicted molar refractivity (Wildman–Crippen MR) is 121 cm³/mol. The Morgan fingerprint density at radius 1 is 1.19 bits per heavy atom. The minimum Gasteiger partial charge on any atom is -0.383 e. The van der Waals surface area contributed by atoms with Crippen LogP contribution in [0.3, 0.4) is 0 Å². The van der Waals surface area contributed by atoms with E-state index in [1.165, 1.54) is 0 Å². The largest absolute Gasteiger partial charge is 0.383 e. The van der Waals surface area contributed by atoms with Crippen molar-refractivity contribution in [2.75, 3.05) is 16.8 Å². The van der Waals surface area contributed by atoms with Crippen LogP contribution in [0.5, 0.6) is 0 Å². The van der Waals surface area contributed by atoms with Gasteiger partial charge in [0, 0.05) is 12.2 Å². The van der Waals surface area contributed by atoms with Crippen LogP contribution in [-0.2, 0) is 16.1 Å². The molecule has 4 heterocycles. The molecule has 3 atom stereocenters. The first kappa shape index (κ1) is 21.0. The summed E-state index contributed by atoms with van der Waals surface area (Å²) in [6.45, 7) is 4.00. The molecule has 1 aliphatic heterocycles. The molecule has 1 saturated heterocycles. The van der Waals surface area contributed by atoms with Gasteiger partial charge in [0.25, 0.3) is 0 Å². The number of anilines is 3. The first-order chi connectivity index (χ1) is 14.7. The number of amides is 2. The molecule has 1 fully saturated rings. The fraction of sp³-hybridized carbons (Fsp3) is 0.350. The first-order valence-electron chi connectivity index (χ1n) is 9.87. The van der Waals surface area contributed by atoms with Crippen molar-refractivity contribution in [3.63, 3.8) is 0 Å². The van der Waals surface area contributed by atoms with Crippen LogP contribution in [0.25, 0.3) is 11.0 Å². The summed E-state index contributed by atoms with van der Waals surface area (Å²) in [6.07, 6.45) is 2.29. The lowest BCUT2D eigenvalue weighted by Crippen LogP contribution is -2.47. The molecule has 31 heavy (non-hydrogen) atoms. The highest BCUT2D eigenvalue weighted by molar-refractivity contribution is 9.10. The van der Waals surface area contributed by atoms with Gasteiger partial charge in [-0.2, -0.15) is 9.97 Å². The van der Waals surface area contributed by atoms with E-state index in [2.05, 4.69) is 36.2 Å². The minimum atomic E-state index is -0.593. The number of aromatic nitrogens is 4. The Kier molecular flexibility index (Phi) is 5.52. The molecule has 2 amide bonds. The van der Waals surface area contributed by atoms with E-state index in [1.807, 2.05) is 13.8 Å². The van der Waals surface area contributed by atoms with Gasteiger partial charge in [-0.05, 0) is 53.4 Å². The van der Waals surface area contributed by atoms with Crippen molar-refractivity contribution >= 4 is 56.4 Å². The lowest BCUT2D eigenvalue weighted by Gasteiger charge is -2.28. The Labute approximate surface area is 187 Å². The molecule has 0 spiro atoms. The topological polar surface area (TPSA) is 145 Å². The molecule has 0 unspecified atom stereocenters. The van der Waals surface area contributed by atoms with Crippen molar-refractivity contribution in [2.24, 2.45) is 5.92 Å². The molecule has 10 nitrogen and oxygen atoms in total. The molecule has 4 rings (SSSR count). The average molecular weight is 487 g/mol. The maximum Gasteiger partial charge on any atom is 0.248 e. The van der Waals surface area contributed by atoms with Crippen molar-refractivity contribution in [1.29, 1.82) is 0 Å². The van der Waals surface area contributed by atoms with Gasteiger partial charge in [0.05, 0.1) is 5.39 Å². The summed E-state index contributed by atoms with van der Waals surface area (Å²) in [5.74, 6) is 0.453. The van der Waals surface area contributed by atoms with Gasteiger partial charge in [-0.25, -0.2) is 4.98 Å². The smallest absolute Gasteiger partial charge is 0.248 e. The Balaban J connectivity index is 1.57. The van der Waals surface area contributed by atoms with Crippen LogP contribution in [0, 0.1) is 5.92 Å². The Bertz CT molecular complexity index is 1160. The number of hydrogen-bond acceptors (Lipinski definition) is 7. The fourth-order valence-corrected chi connectivity index (χ4v) is 4.35. The van der Waals surface area contributed by atoms with E-state index < -0.39 is 6.04 Å². The second kappa shape index (κ2) is 8.14. The maximum atomic E-state index is 13.3. The number of nitrogens with two attached hydrogens (primary N) is 2. The number of carbonyl (C=O) groups excluding carboxylic acids is 2. The van der Waals surface area contributed by atoms with E-state index in [9.17, 15) is 9.59 Å². The van der Waals surface area contributed by atoms with Gasteiger partial charge in [-0.15, -0.1) is 0 Å². The zero-order valence-corrected chi connectivity index (χ0v) is 18.7. The molecule has 3 aromatic heterocycles. The third-order valence-corrected chi connectivity index (χ3v) is 6.16. The van der Waals surface area contributed by atoms with E-state index in [1.54, 1.807) is 39.9 Å². The minimum absolute atomic E-state index is 0.00929. The first-order valence-corrected chi connectivity index (χ1v) is 10.7. The highest BCUT2D eigenvalue weighted by Crippen LogP contribution is 2.31. The molecule has 3 aromatic rings. The number of fused-ring (bicyclic) bond motifs is 1. The van der Waals surface area contributed by atoms with Crippen molar-refractivity contribution in [3.05, 3.63) is 35.1 Å². The van der Waals surface area contributed by atoms with Gasteiger partial charge in [-0.1, -0.05) is 13.0 Å². The van der Waals surface area contributed by atoms with Crippen LogP contribution < -0.4 is 16.8 Å². The summed E-state index contributed by atoms with van der Waals surface area (Å²) in [5, 5.41) is 3.44. The number of nitrogen functional groups attached to an aromatic ring is 2. The molecule has 162 valence electrons. The van der Waals surface area contributed by atoms with Crippen LogP contribution >= 0.6 is 15.9 Å². The Morgan fingerprint density at radius 3 is 2.71 bits per heavy atom. The summed E-state index contributed by atoms with van der Waals surface area (Å²) >= 11 is 3.29. The van der Waals surface area contributed by atoms with Gasteiger partial charge in [0.2, 0.25) is 17.8 Å². The monoisotopic (exact) mass is 486 g/mol. The van der Waals surface area contributed by atoms with Gasteiger partial charge >= 0.3 is 0 Å². The van der Waals surface area contributed by atoms with Crippen LogP contribution in [0.2, 0.25) is 0 Å². The maximum absolute atomic E-state index is 13.3. The van der Waals surface area contributed by atoms with E-state index >= 15 is 0 Å². The molecular formula is C20H23BrN8O2. The normalized spacial score (nSPS) is 20.9. The number of rotatable bonds is 4. The summed E-state index contributed by atoms with van der Waals surface area (Å²) in [5.41, 5.74) is 12.1. The second-order valence-electron chi connectivity index (χ2n) is 7.75. The molecule has 0 aromatic carbocycles. The molecule has 0 saturated carbocycles. The zero-order valence-electron chi connectivity index (χ0n) is 17.1. The number of pyridine rings is 1. The van der Waals surface area contributed by atoms with Gasteiger partial charge in [-0.3, -0.25) is 9.59 Å². The quantitative estimate of drug-likeness (QED) is 0.478. The number of carbonyl (C=O) groups is 2. The molecule has 0 radical (unpaired) electrons. The Hall–Kier alpha value is -3.21. The number of nitrogens with one attached hydrogen (secondary N) is 1. The van der Waals surface area contributed by atoms with Crippen LogP contribution in [0.4, 0.5) is 17.6 Å². The van der Waals surface area contributed by atoms with Crippen molar-refractivity contribution < 1.29 is 9.59 Å². The highest BCUT2D eigenvalue weighted by Gasteiger charge is 2.43. The van der Waals surface area contributed by atoms with E-state index in [4.69, 9.17) is 11.5 Å². The summed E-state index contributed by atoms with van der Waals surface area (Å²) in [4.78, 5) is 40.4. The van der Waals surface area contributed by atoms with Gasteiger partial charge in [0.15, 0.2) is 0 Å². The van der Waals surface area contributed by atoms with Crippen LogP contribution in [0.1, 0.15) is 20.3 Å². The standard InChI is InChI=1S/C20H23BrN8O2/c1-10-8-13(19(31)25-15-5-3-4-14(21)24-15)29(11(10)2)16(30)9-28-7-6-12-17(22)26-20(23)27-18(12)28/h3-7,10-11,13H,8-9H2,1-2H3,(H,24,25,31)(H4,22,23,26,27)/t10-,11-,13+/m1/s1. The molecule has 1 aliphatic rings. The predicted octanol–water partition coefficient (Wildman–Crippen LogP) is 2.02. The fourth-order valence-electron chi connectivity index (χ4n) is 4.00. The van der Waals surface area contributed by atoms with E-state index in [0.717, 1.165) is 0 Å². The summed E-state index contributed by atoms with van der Waals surface area (Å²) in [6, 6.07) is 6.32. The molecule has 11 heteroatoms. The number of halogens is 1. The molecular weight excluding hydrogens is 464 g/mol. The summed E-state index contributed by atoms with van der Waals surface area (Å²) in [7, 11) is 0. The van der Waals surface area contributed by atoms with Crippen molar-refractivity contribution in [2.45, 2.75) is 38.9 Å². The lowest BCUT2D eigenvalue weighted by molar-refractivity contribution is -0.139. The number of hydrogen-bond donors (Lipinski definition) is 3. The zero-order chi connectivity index (χ0) is 22.3. The molecule has 0 bridgehead atoms. The highest BCUT2D eigenvalue weighted by atomic mass is 79.9. The Morgan fingerprint density at radius 2 is 1.97 bits per heavy atom. The van der Waals surface area contributed by atoms with E-state index in [-0.39, 0.29) is 42.1 Å². The van der Waals surface area contributed by atoms with Crippen molar-refractivity contribution in [1.82, 2.24) is 24.4 Å². The third kappa shape index (κ3) is 4.05. The van der Waals surface area contributed by atoms with Crippen molar-refractivity contribution in [3.8, 4) is 0 Å². The third-order valence-electron chi connectivity index (χ3n) is 5.72. The van der Waals surface area contributed by atoms with Crippen LogP contribution in [-0.4, -0.2) is 48.3 Å². The van der Waals surface area contributed by atoms with E-state index in [0.29, 0.717) is 27.9 Å². The average Bonchev–Trinajstić information content (AvgIpc) is 3.23. The summed E-state index contributed by atoms with van der Waals surface area (Å²) < 4.78 is 2.29. The molecule has 5 N–H and O–H groups in total. The second-order valence-corrected chi connectivity index (χ2v) is 8.57. The lowest BCUT2D eigenvalue weighted by atomic mass is 10.0. The molecule has 0 aliphatic carbocycles. The SMILES string of the molecule is C[C@@H]1C[C@@H](C(=O)Nc2cccc(Br)n2)N(C(=O)Cn2ccc3c(N)nc(N)nc32)[C@@H]1C. The van der Waals surface area contributed by atoms with Gasteiger partial charge < -0.3 is 26.3 Å².